The lowest BCUT2D eigenvalue weighted by atomic mass is 9.90. The van der Waals surface area contributed by atoms with E-state index < -0.39 is 47.1 Å². The third-order valence-corrected chi connectivity index (χ3v) is 6.61. The second kappa shape index (κ2) is 14.8. The average Bonchev–Trinajstić information content (AvgIpc) is 2.87. The van der Waals surface area contributed by atoms with Crippen LogP contribution in [0.4, 0.5) is 4.79 Å². The fourth-order valence-corrected chi connectivity index (χ4v) is 4.60. The molecule has 0 bridgehead atoms. The minimum absolute atomic E-state index is 0.000600. The van der Waals surface area contributed by atoms with E-state index in [1.54, 1.807) is 27.7 Å². The zero-order chi connectivity index (χ0) is 31.7. The smallest absolute Gasteiger partial charge is 0.408 e. The first kappa shape index (κ1) is 34.3. The Morgan fingerprint density at radius 3 is 2.12 bits per heavy atom. The zero-order valence-electron chi connectivity index (χ0n) is 26.5. The van der Waals surface area contributed by atoms with Gasteiger partial charge in [0.1, 0.15) is 17.7 Å². The van der Waals surface area contributed by atoms with Crippen molar-refractivity contribution < 1.29 is 28.7 Å². The van der Waals surface area contributed by atoms with Gasteiger partial charge in [-0.25, -0.2) is 4.79 Å². The molecule has 2 aromatic carbocycles. The number of alkyl carbamates (subject to hydrolysis) is 1. The molecule has 230 valence electrons. The summed E-state index contributed by atoms with van der Waals surface area (Å²) in [7, 11) is 0. The second-order valence-electron chi connectivity index (χ2n) is 12.3. The maximum atomic E-state index is 14.6. The van der Waals surface area contributed by atoms with Crippen molar-refractivity contribution in [2.45, 2.75) is 98.4 Å². The Morgan fingerprint density at radius 2 is 1.55 bits per heavy atom. The molecular formula is C33H47N3O6. The predicted octanol–water partition coefficient (Wildman–Crippen LogP) is 5.18. The van der Waals surface area contributed by atoms with E-state index in [2.05, 4.69) is 10.6 Å². The lowest BCUT2D eigenvalue weighted by Crippen LogP contribution is -2.59. The normalized spacial score (nSPS) is 13.0. The van der Waals surface area contributed by atoms with Crippen molar-refractivity contribution in [3.05, 3.63) is 70.8 Å². The van der Waals surface area contributed by atoms with Crippen molar-refractivity contribution in [2.24, 2.45) is 0 Å². The Hall–Kier alpha value is -3.88. The number of hydrogen-bond acceptors (Lipinski definition) is 6. The number of ether oxygens (including phenoxy) is 2. The molecule has 0 radical (unpaired) electrons. The van der Waals surface area contributed by atoms with E-state index in [1.165, 1.54) is 4.90 Å². The Kier molecular flexibility index (Phi) is 12.1. The quantitative estimate of drug-likeness (QED) is 0.354. The number of nitrogens with zero attached hydrogens (tertiary/aromatic N) is 1. The van der Waals surface area contributed by atoms with Gasteiger partial charge in [-0.15, -0.1) is 0 Å². The molecule has 2 unspecified atom stereocenters. The third-order valence-electron chi connectivity index (χ3n) is 6.61. The molecule has 42 heavy (non-hydrogen) atoms. The summed E-state index contributed by atoms with van der Waals surface area (Å²) in [5.74, 6) is -1.30. The first-order chi connectivity index (χ1) is 19.5. The van der Waals surface area contributed by atoms with Gasteiger partial charge in [-0.3, -0.25) is 14.4 Å². The number of hydrogen-bond donors (Lipinski definition) is 2. The van der Waals surface area contributed by atoms with Gasteiger partial charge >= 0.3 is 12.1 Å². The van der Waals surface area contributed by atoms with Crippen LogP contribution in [0.25, 0.3) is 0 Å². The molecule has 0 spiro atoms. The summed E-state index contributed by atoms with van der Waals surface area (Å²) < 4.78 is 10.5. The largest absolute Gasteiger partial charge is 0.466 e. The van der Waals surface area contributed by atoms with Crippen molar-refractivity contribution >= 4 is 23.9 Å². The van der Waals surface area contributed by atoms with E-state index in [0.717, 1.165) is 16.7 Å². The molecule has 0 aliphatic rings. The first-order valence-electron chi connectivity index (χ1n) is 14.4. The molecule has 0 aliphatic heterocycles. The van der Waals surface area contributed by atoms with Gasteiger partial charge in [-0.05, 0) is 84.6 Å². The number of carbonyl (C=O) groups excluding carboxylic acids is 4. The van der Waals surface area contributed by atoms with Gasteiger partial charge < -0.3 is 25.0 Å². The topological polar surface area (TPSA) is 114 Å². The van der Waals surface area contributed by atoms with Crippen molar-refractivity contribution in [1.82, 2.24) is 15.5 Å². The van der Waals surface area contributed by atoms with Crippen LogP contribution in [-0.4, -0.2) is 59.1 Å². The predicted molar refractivity (Wildman–Crippen MR) is 163 cm³/mol. The van der Waals surface area contributed by atoms with Crippen LogP contribution in [0.2, 0.25) is 0 Å². The van der Waals surface area contributed by atoms with Crippen LogP contribution in [-0.2, 0) is 30.3 Å². The number of nitrogens with one attached hydrogen (secondary N) is 2. The Balaban J connectivity index is 2.59. The molecule has 2 rings (SSSR count). The molecule has 2 aromatic rings. The van der Waals surface area contributed by atoms with E-state index in [1.807, 2.05) is 83.1 Å². The van der Waals surface area contributed by atoms with Gasteiger partial charge in [-0.2, -0.15) is 0 Å². The molecule has 0 heterocycles. The Labute approximate surface area is 250 Å². The molecule has 3 amide bonds. The second-order valence-corrected chi connectivity index (χ2v) is 12.3. The summed E-state index contributed by atoms with van der Waals surface area (Å²) >= 11 is 0. The van der Waals surface area contributed by atoms with Crippen molar-refractivity contribution in [2.75, 3.05) is 13.2 Å². The van der Waals surface area contributed by atoms with Gasteiger partial charge in [0.2, 0.25) is 11.8 Å². The maximum absolute atomic E-state index is 14.6. The number of benzene rings is 2. The molecule has 9 nitrogen and oxygen atoms in total. The average molecular weight is 582 g/mol. The minimum Gasteiger partial charge on any atom is -0.466 e. The standard InChI is InChI=1S/C33H47N3O6/c1-10-41-27(37)19-20-34-29(38)28(25-18-14-15-22(2)23(25)3)36(32(4,5)6)30(39)26(21-24-16-12-11-13-17-24)35-31(40)42-33(7,8)9/h11-18,26,28H,10,19-21H2,1-9H3,(H,34,38)(H,35,40). The van der Waals surface area contributed by atoms with Crippen LogP contribution >= 0.6 is 0 Å². The van der Waals surface area contributed by atoms with Crippen LogP contribution in [0, 0.1) is 13.8 Å². The van der Waals surface area contributed by atoms with E-state index in [-0.39, 0.29) is 26.0 Å². The third kappa shape index (κ3) is 10.2. The number of esters is 1. The first-order valence-corrected chi connectivity index (χ1v) is 14.4. The van der Waals surface area contributed by atoms with Crippen LogP contribution in [0.3, 0.4) is 0 Å². The van der Waals surface area contributed by atoms with Gasteiger partial charge in [0.25, 0.3) is 0 Å². The summed E-state index contributed by atoms with van der Waals surface area (Å²) in [6.07, 6.45) is -0.540. The molecule has 0 saturated carbocycles. The SMILES string of the molecule is CCOC(=O)CCNC(=O)C(c1cccc(C)c1C)N(C(=O)C(Cc1ccccc1)NC(=O)OC(C)(C)C)C(C)(C)C. The van der Waals surface area contributed by atoms with Gasteiger partial charge in [0.05, 0.1) is 13.0 Å². The number of rotatable bonds is 11. The van der Waals surface area contributed by atoms with Crippen molar-refractivity contribution in [3.63, 3.8) is 0 Å². The molecule has 0 saturated heterocycles. The van der Waals surface area contributed by atoms with Gasteiger partial charge in [-0.1, -0.05) is 48.5 Å². The highest BCUT2D eigenvalue weighted by Gasteiger charge is 2.42. The van der Waals surface area contributed by atoms with Crippen LogP contribution in [0.1, 0.15) is 83.2 Å². The van der Waals surface area contributed by atoms with Crippen molar-refractivity contribution in [3.8, 4) is 0 Å². The van der Waals surface area contributed by atoms with Crippen LogP contribution < -0.4 is 10.6 Å². The molecule has 9 heteroatoms. The molecule has 2 atom stereocenters. The summed E-state index contributed by atoms with van der Waals surface area (Å²) in [5.41, 5.74) is 1.70. The van der Waals surface area contributed by atoms with Crippen LogP contribution in [0.15, 0.2) is 48.5 Å². The number of carbonyl (C=O) groups is 4. The fraction of sp³-hybridized carbons (Fsp3) is 0.515. The monoisotopic (exact) mass is 581 g/mol. The number of aryl methyl sites for hydroxylation is 1. The highest BCUT2D eigenvalue weighted by Crippen LogP contribution is 2.33. The maximum Gasteiger partial charge on any atom is 0.408 e. The van der Waals surface area contributed by atoms with E-state index >= 15 is 0 Å². The van der Waals surface area contributed by atoms with Gasteiger partial charge in [0.15, 0.2) is 0 Å². The number of amides is 3. The molecular weight excluding hydrogens is 534 g/mol. The summed E-state index contributed by atoms with van der Waals surface area (Å²) in [6, 6.07) is 12.9. The molecule has 0 aliphatic carbocycles. The van der Waals surface area contributed by atoms with E-state index in [9.17, 15) is 19.2 Å². The van der Waals surface area contributed by atoms with Gasteiger partial charge in [0, 0.05) is 18.5 Å². The zero-order valence-corrected chi connectivity index (χ0v) is 26.5. The summed E-state index contributed by atoms with van der Waals surface area (Å²) in [6.45, 7) is 16.7. The van der Waals surface area contributed by atoms with E-state index in [0.29, 0.717) is 5.56 Å². The van der Waals surface area contributed by atoms with E-state index in [4.69, 9.17) is 9.47 Å². The lowest BCUT2D eigenvalue weighted by molar-refractivity contribution is -0.149. The highest BCUT2D eigenvalue weighted by atomic mass is 16.6. The lowest BCUT2D eigenvalue weighted by Gasteiger charge is -2.43. The minimum atomic E-state index is -1.04. The summed E-state index contributed by atoms with van der Waals surface area (Å²) in [5, 5.41) is 5.61. The fourth-order valence-electron chi connectivity index (χ4n) is 4.60. The molecule has 0 fully saturated rings. The van der Waals surface area contributed by atoms with Crippen LogP contribution in [0.5, 0.6) is 0 Å². The molecule has 0 aromatic heterocycles. The summed E-state index contributed by atoms with van der Waals surface area (Å²) in [4.78, 5) is 54.9. The Bertz CT molecular complexity index is 1230. The van der Waals surface area contributed by atoms with Crippen molar-refractivity contribution in [1.29, 1.82) is 0 Å². The highest BCUT2D eigenvalue weighted by molar-refractivity contribution is 5.93. The Morgan fingerprint density at radius 1 is 0.905 bits per heavy atom. The molecule has 2 N–H and O–H groups in total.